The summed E-state index contributed by atoms with van der Waals surface area (Å²) in [6.45, 7) is 2.00. The lowest BCUT2D eigenvalue weighted by Gasteiger charge is -2.02. The fourth-order valence-electron chi connectivity index (χ4n) is 1.32. The molecular formula is C12H22O2S4. The van der Waals surface area contributed by atoms with Crippen LogP contribution in [0, 0.1) is 0 Å². The van der Waals surface area contributed by atoms with Crippen molar-refractivity contribution in [3.63, 3.8) is 0 Å². The molecule has 0 radical (unpaired) electrons. The van der Waals surface area contributed by atoms with Crippen LogP contribution >= 0.6 is 47.0 Å². The average Bonchev–Trinajstić information content (AvgIpc) is 3.25. The highest BCUT2D eigenvalue weighted by molar-refractivity contribution is 8.05. The maximum Gasteiger partial charge on any atom is 0.0900 e. The molecule has 0 amide bonds. The lowest BCUT2D eigenvalue weighted by atomic mass is 10.6. The van der Waals surface area contributed by atoms with E-state index in [1.54, 1.807) is 0 Å². The van der Waals surface area contributed by atoms with Crippen LogP contribution in [0.25, 0.3) is 0 Å². The zero-order valence-electron chi connectivity index (χ0n) is 10.7. The van der Waals surface area contributed by atoms with Gasteiger partial charge in [-0.05, 0) is 0 Å². The molecule has 0 spiro atoms. The van der Waals surface area contributed by atoms with Gasteiger partial charge in [-0.3, -0.25) is 0 Å². The van der Waals surface area contributed by atoms with Crippen LogP contribution in [0.4, 0.5) is 0 Å². The molecule has 2 heterocycles. The third kappa shape index (κ3) is 9.26. The van der Waals surface area contributed by atoms with Crippen molar-refractivity contribution in [2.24, 2.45) is 0 Å². The van der Waals surface area contributed by atoms with Gasteiger partial charge in [-0.25, -0.2) is 0 Å². The summed E-state index contributed by atoms with van der Waals surface area (Å²) in [5.41, 5.74) is 0. The van der Waals surface area contributed by atoms with Gasteiger partial charge in [-0.1, -0.05) is 0 Å². The Morgan fingerprint density at radius 1 is 0.611 bits per heavy atom. The van der Waals surface area contributed by atoms with Crippen molar-refractivity contribution in [3.8, 4) is 0 Å². The Bertz CT molecular complexity index is 188. The first-order chi connectivity index (χ1) is 8.95. The molecule has 2 fully saturated rings. The molecule has 2 unspecified atom stereocenters. The molecule has 6 heteroatoms. The SMILES string of the molecule is C(CSCCSCC1CO1)SCCSCC1CO1. The summed E-state index contributed by atoms with van der Waals surface area (Å²) in [7, 11) is 0. The second kappa shape index (κ2) is 10.1. The van der Waals surface area contributed by atoms with Gasteiger partial charge in [0.15, 0.2) is 0 Å². The highest BCUT2D eigenvalue weighted by atomic mass is 32.2. The molecule has 2 nitrogen and oxygen atoms in total. The van der Waals surface area contributed by atoms with Crippen LogP contribution in [-0.2, 0) is 9.47 Å². The number of ether oxygens (including phenoxy) is 2. The Balaban J connectivity index is 1.19. The second-order valence-electron chi connectivity index (χ2n) is 4.29. The summed E-state index contributed by atoms with van der Waals surface area (Å²) in [4.78, 5) is 0. The monoisotopic (exact) mass is 326 g/mol. The van der Waals surface area contributed by atoms with Gasteiger partial charge >= 0.3 is 0 Å². The lowest BCUT2D eigenvalue weighted by molar-refractivity contribution is 0.426. The van der Waals surface area contributed by atoms with Gasteiger partial charge in [-0.15, -0.1) is 0 Å². The van der Waals surface area contributed by atoms with E-state index in [4.69, 9.17) is 9.47 Å². The van der Waals surface area contributed by atoms with Crippen LogP contribution in [0.5, 0.6) is 0 Å². The van der Waals surface area contributed by atoms with Crippen LogP contribution in [0.15, 0.2) is 0 Å². The summed E-state index contributed by atoms with van der Waals surface area (Å²) >= 11 is 8.27. The number of hydrogen-bond acceptors (Lipinski definition) is 6. The molecule has 0 saturated carbocycles. The molecular weight excluding hydrogens is 304 g/mol. The van der Waals surface area contributed by atoms with Crippen molar-refractivity contribution >= 4 is 47.0 Å². The quantitative estimate of drug-likeness (QED) is 0.381. The van der Waals surface area contributed by atoms with E-state index < -0.39 is 0 Å². The third-order valence-corrected chi connectivity index (χ3v) is 7.48. The largest absolute Gasteiger partial charge is 0.372 e. The Morgan fingerprint density at radius 2 is 0.944 bits per heavy atom. The van der Waals surface area contributed by atoms with Crippen molar-refractivity contribution in [2.75, 3.05) is 59.2 Å². The van der Waals surface area contributed by atoms with Crippen LogP contribution in [0.2, 0.25) is 0 Å². The zero-order chi connectivity index (χ0) is 12.5. The smallest absolute Gasteiger partial charge is 0.0900 e. The normalized spacial score (nSPS) is 25.3. The molecule has 0 aromatic carbocycles. The van der Waals surface area contributed by atoms with E-state index in [1.165, 1.54) is 46.0 Å². The molecule has 0 aromatic heterocycles. The van der Waals surface area contributed by atoms with E-state index in [9.17, 15) is 0 Å². The molecule has 0 N–H and O–H groups in total. The second-order valence-corrected chi connectivity index (χ2v) is 9.03. The molecule has 2 aliphatic heterocycles. The fraction of sp³-hybridized carbons (Fsp3) is 1.00. The number of rotatable bonds is 13. The van der Waals surface area contributed by atoms with Gasteiger partial charge in [0.1, 0.15) is 0 Å². The standard InChI is InChI=1S/C12H22O2S4/c1(15-3-5-17-9-11-7-13-11)2-16-4-6-18-10-12-8-14-12/h11-12H,1-10H2. The van der Waals surface area contributed by atoms with Gasteiger partial charge in [0.2, 0.25) is 0 Å². The highest BCUT2D eigenvalue weighted by Gasteiger charge is 2.21. The maximum absolute atomic E-state index is 5.18. The maximum atomic E-state index is 5.18. The zero-order valence-corrected chi connectivity index (χ0v) is 13.9. The average molecular weight is 327 g/mol. The Hall–Kier alpha value is 1.32. The first-order valence-electron chi connectivity index (χ1n) is 6.49. The highest BCUT2D eigenvalue weighted by Crippen LogP contribution is 2.18. The molecule has 2 rings (SSSR count). The van der Waals surface area contributed by atoms with E-state index in [0.717, 1.165) is 13.2 Å². The molecule has 18 heavy (non-hydrogen) atoms. The first-order valence-corrected chi connectivity index (χ1v) is 11.1. The summed E-state index contributed by atoms with van der Waals surface area (Å²) in [5, 5.41) is 0. The van der Waals surface area contributed by atoms with Crippen molar-refractivity contribution in [3.05, 3.63) is 0 Å². The van der Waals surface area contributed by atoms with Gasteiger partial charge in [0.25, 0.3) is 0 Å². The van der Waals surface area contributed by atoms with Gasteiger partial charge in [0.05, 0.1) is 25.4 Å². The van der Waals surface area contributed by atoms with Crippen molar-refractivity contribution in [1.82, 2.24) is 0 Å². The van der Waals surface area contributed by atoms with Crippen molar-refractivity contribution < 1.29 is 9.47 Å². The van der Waals surface area contributed by atoms with E-state index in [1.807, 2.05) is 23.5 Å². The predicted octanol–water partition coefficient (Wildman–Crippen LogP) is 2.72. The summed E-state index contributed by atoms with van der Waals surface area (Å²) in [5.74, 6) is 10.2. The van der Waals surface area contributed by atoms with Gasteiger partial charge in [0, 0.05) is 46.0 Å². The van der Waals surface area contributed by atoms with Crippen LogP contribution < -0.4 is 0 Å². The fourth-order valence-corrected chi connectivity index (χ4v) is 5.80. The van der Waals surface area contributed by atoms with E-state index in [-0.39, 0.29) is 0 Å². The summed E-state index contributed by atoms with van der Waals surface area (Å²) in [6, 6.07) is 0. The molecule has 106 valence electrons. The third-order valence-electron chi connectivity index (χ3n) is 2.53. The molecule has 0 aliphatic carbocycles. The predicted molar refractivity (Wildman–Crippen MR) is 88.8 cm³/mol. The summed E-state index contributed by atoms with van der Waals surface area (Å²) < 4.78 is 10.4. The van der Waals surface area contributed by atoms with E-state index in [0.29, 0.717) is 12.2 Å². The van der Waals surface area contributed by atoms with E-state index >= 15 is 0 Å². The molecule has 2 saturated heterocycles. The Labute approximate surface area is 127 Å². The minimum Gasteiger partial charge on any atom is -0.372 e. The molecule has 0 aromatic rings. The van der Waals surface area contributed by atoms with Crippen LogP contribution in [0.3, 0.4) is 0 Å². The summed E-state index contributed by atoms with van der Waals surface area (Å²) in [6.07, 6.45) is 1.18. The minimum absolute atomic E-state index is 0.592. The minimum atomic E-state index is 0.592. The molecule has 0 bridgehead atoms. The van der Waals surface area contributed by atoms with Crippen molar-refractivity contribution in [1.29, 1.82) is 0 Å². The molecule has 2 atom stereocenters. The Morgan fingerprint density at radius 3 is 1.28 bits per heavy atom. The van der Waals surface area contributed by atoms with Crippen molar-refractivity contribution in [2.45, 2.75) is 12.2 Å². The number of epoxide rings is 2. The van der Waals surface area contributed by atoms with Crippen LogP contribution in [0.1, 0.15) is 0 Å². The number of hydrogen-bond donors (Lipinski definition) is 0. The van der Waals surface area contributed by atoms with Crippen LogP contribution in [-0.4, -0.2) is 71.4 Å². The topological polar surface area (TPSA) is 25.1 Å². The van der Waals surface area contributed by atoms with Gasteiger partial charge in [-0.2, -0.15) is 47.0 Å². The lowest BCUT2D eigenvalue weighted by Crippen LogP contribution is -1.96. The molecule has 2 aliphatic rings. The van der Waals surface area contributed by atoms with Gasteiger partial charge < -0.3 is 9.47 Å². The first kappa shape index (κ1) is 15.7. The Kier molecular flexibility index (Phi) is 8.82. The number of thioether (sulfide) groups is 4. The van der Waals surface area contributed by atoms with E-state index in [2.05, 4.69) is 23.5 Å².